The fourth-order valence-corrected chi connectivity index (χ4v) is 2.54. The third-order valence-corrected chi connectivity index (χ3v) is 3.83. The Morgan fingerprint density at radius 1 is 1.42 bits per heavy atom. The molecule has 1 aliphatic rings. The molecule has 2 aromatic heterocycles. The highest BCUT2D eigenvalue weighted by molar-refractivity contribution is 5.75. The number of hydrogen-bond acceptors (Lipinski definition) is 4. The molecule has 2 aromatic rings. The molecular weight excluding hydrogens is 244 g/mol. The number of aryl methyl sites for hydroxylation is 1. The zero-order valence-corrected chi connectivity index (χ0v) is 10.9. The van der Waals surface area contributed by atoms with E-state index in [4.69, 9.17) is 4.42 Å². The van der Waals surface area contributed by atoms with Gasteiger partial charge in [-0.05, 0) is 17.9 Å². The molecule has 1 saturated carbocycles. The second-order valence-corrected chi connectivity index (χ2v) is 5.14. The highest BCUT2D eigenvalue weighted by Gasteiger charge is 2.20. The summed E-state index contributed by atoms with van der Waals surface area (Å²) in [4.78, 5) is 30.7. The maximum absolute atomic E-state index is 12.1. The second-order valence-electron chi connectivity index (χ2n) is 5.14. The molecule has 1 fully saturated rings. The lowest BCUT2D eigenvalue weighted by molar-refractivity contribution is 0.309. The van der Waals surface area contributed by atoms with Gasteiger partial charge < -0.3 is 9.40 Å². The molecule has 0 bridgehead atoms. The molecule has 0 aromatic carbocycles. The van der Waals surface area contributed by atoms with Crippen LogP contribution in [0.1, 0.15) is 37.6 Å². The van der Waals surface area contributed by atoms with Crippen molar-refractivity contribution in [2.75, 3.05) is 0 Å². The topological polar surface area (TPSA) is 76.0 Å². The summed E-state index contributed by atoms with van der Waals surface area (Å²) < 4.78 is 5.07. The first-order valence-electron chi connectivity index (χ1n) is 6.73. The van der Waals surface area contributed by atoms with Crippen molar-refractivity contribution in [2.45, 2.75) is 39.0 Å². The van der Waals surface area contributed by atoms with Gasteiger partial charge in [-0.3, -0.25) is 4.79 Å². The lowest BCUT2D eigenvalue weighted by Crippen LogP contribution is -2.20. The number of aromatic amines is 1. The zero-order chi connectivity index (χ0) is 13.4. The molecule has 0 spiro atoms. The normalized spacial score (nSPS) is 15.6. The largest absolute Gasteiger partial charge is 0.403 e. The molecule has 0 saturated heterocycles. The molecule has 1 N–H and O–H groups in total. The lowest BCUT2D eigenvalue weighted by atomic mass is 9.83. The van der Waals surface area contributed by atoms with Crippen LogP contribution in [-0.2, 0) is 12.8 Å². The van der Waals surface area contributed by atoms with Crippen LogP contribution in [0, 0.1) is 5.92 Å². The molecule has 3 rings (SSSR count). The first kappa shape index (κ1) is 12.1. The van der Waals surface area contributed by atoms with Gasteiger partial charge in [-0.25, -0.2) is 4.79 Å². The Morgan fingerprint density at radius 3 is 2.84 bits per heavy atom. The van der Waals surface area contributed by atoms with E-state index >= 15 is 0 Å². The molecule has 0 atom stereocenters. The van der Waals surface area contributed by atoms with Crippen LogP contribution in [0.15, 0.2) is 20.1 Å². The average molecular weight is 260 g/mol. The van der Waals surface area contributed by atoms with Gasteiger partial charge in [0.25, 0.3) is 5.56 Å². The summed E-state index contributed by atoms with van der Waals surface area (Å²) in [5, 5.41) is 0.402. The van der Waals surface area contributed by atoms with Crippen molar-refractivity contribution in [3.63, 3.8) is 0 Å². The number of H-pyrrole nitrogens is 1. The Balaban J connectivity index is 2.14. The fraction of sp³-hybridized carbons (Fsp3) is 0.500. The number of aromatic nitrogens is 2. The highest BCUT2D eigenvalue weighted by atomic mass is 16.4. The quantitative estimate of drug-likeness (QED) is 0.912. The number of fused-ring (bicyclic) bond motifs is 1. The van der Waals surface area contributed by atoms with Crippen LogP contribution >= 0.6 is 0 Å². The summed E-state index contributed by atoms with van der Waals surface area (Å²) in [6.07, 6.45) is 4.97. The van der Waals surface area contributed by atoms with Crippen molar-refractivity contribution in [3.8, 4) is 0 Å². The molecule has 19 heavy (non-hydrogen) atoms. The first-order valence-corrected chi connectivity index (χ1v) is 6.73. The van der Waals surface area contributed by atoms with Gasteiger partial charge in [0.2, 0.25) is 5.71 Å². The van der Waals surface area contributed by atoms with E-state index in [9.17, 15) is 9.59 Å². The molecule has 0 aliphatic heterocycles. The van der Waals surface area contributed by atoms with E-state index in [0.29, 0.717) is 29.1 Å². The summed E-state index contributed by atoms with van der Waals surface area (Å²) in [5.41, 5.74) is 0.203. The van der Waals surface area contributed by atoms with Gasteiger partial charge >= 0.3 is 5.63 Å². The van der Waals surface area contributed by atoms with Crippen LogP contribution in [0.3, 0.4) is 0 Å². The van der Waals surface area contributed by atoms with Crippen molar-refractivity contribution in [1.29, 1.82) is 0 Å². The van der Waals surface area contributed by atoms with Gasteiger partial charge in [0.05, 0.1) is 0 Å². The number of nitrogens with one attached hydrogen (secondary N) is 1. The van der Waals surface area contributed by atoms with Gasteiger partial charge in [-0.15, -0.1) is 0 Å². The van der Waals surface area contributed by atoms with Gasteiger partial charge in [-0.1, -0.05) is 26.2 Å². The van der Waals surface area contributed by atoms with E-state index in [1.165, 1.54) is 25.3 Å². The third kappa shape index (κ3) is 2.20. The molecule has 100 valence electrons. The van der Waals surface area contributed by atoms with Gasteiger partial charge in [0.15, 0.2) is 0 Å². The summed E-state index contributed by atoms with van der Waals surface area (Å²) >= 11 is 0. The minimum absolute atomic E-state index is 0.169. The van der Waals surface area contributed by atoms with Crippen molar-refractivity contribution < 1.29 is 4.42 Å². The Hall–Kier alpha value is -1.91. The average Bonchev–Trinajstić information content (AvgIpc) is 2.32. The molecule has 5 nitrogen and oxygen atoms in total. The van der Waals surface area contributed by atoms with Crippen molar-refractivity contribution in [2.24, 2.45) is 5.92 Å². The minimum atomic E-state index is -0.447. The van der Waals surface area contributed by atoms with E-state index in [1.807, 2.05) is 6.92 Å². The molecule has 0 unspecified atom stereocenters. The molecule has 5 heteroatoms. The number of rotatable bonds is 3. The van der Waals surface area contributed by atoms with Gasteiger partial charge in [0.1, 0.15) is 11.2 Å². The highest BCUT2D eigenvalue weighted by Crippen LogP contribution is 2.28. The molecule has 0 radical (unpaired) electrons. The molecule has 0 amide bonds. The Labute approximate surface area is 109 Å². The fourth-order valence-electron chi connectivity index (χ4n) is 2.54. The van der Waals surface area contributed by atoms with E-state index in [-0.39, 0.29) is 11.3 Å². The van der Waals surface area contributed by atoms with Crippen LogP contribution in [0.25, 0.3) is 11.1 Å². The summed E-state index contributed by atoms with van der Waals surface area (Å²) in [6, 6.07) is 1.37. The molecule has 2 heterocycles. The van der Waals surface area contributed by atoms with E-state index in [2.05, 4.69) is 9.97 Å². The van der Waals surface area contributed by atoms with E-state index < -0.39 is 5.63 Å². The Kier molecular flexibility index (Phi) is 2.97. The molecule has 1 aliphatic carbocycles. The van der Waals surface area contributed by atoms with Crippen LogP contribution < -0.4 is 11.2 Å². The zero-order valence-electron chi connectivity index (χ0n) is 10.9. The SMILES string of the molecule is CCc1cc(=O)oc2nc(CC3CCC3)[nH]c(=O)c12. The smallest absolute Gasteiger partial charge is 0.337 e. The summed E-state index contributed by atoms with van der Waals surface area (Å²) in [6.45, 7) is 1.90. The van der Waals surface area contributed by atoms with Gasteiger partial charge in [0, 0.05) is 12.5 Å². The van der Waals surface area contributed by atoms with Gasteiger partial charge in [-0.2, -0.15) is 4.98 Å². The number of nitrogens with zero attached hydrogens (tertiary/aromatic N) is 1. The molecular formula is C14H16N2O3. The third-order valence-electron chi connectivity index (χ3n) is 3.83. The predicted molar refractivity (Wildman–Crippen MR) is 71.3 cm³/mol. The first-order chi connectivity index (χ1) is 9.17. The van der Waals surface area contributed by atoms with Crippen molar-refractivity contribution in [1.82, 2.24) is 9.97 Å². The van der Waals surface area contributed by atoms with E-state index in [0.717, 1.165) is 6.42 Å². The standard InChI is InChI=1S/C14H16N2O3/c1-2-9-7-11(17)19-14-12(9)13(18)15-10(16-14)6-8-4-3-5-8/h7-8H,2-6H2,1H3,(H,15,16,18). The number of hydrogen-bond donors (Lipinski definition) is 1. The lowest BCUT2D eigenvalue weighted by Gasteiger charge is -2.24. The summed E-state index contributed by atoms with van der Waals surface area (Å²) in [7, 11) is 0. The summed E-state index contributed by atoms with van der Waals surface area (Å²) in [5.74, 6) is 1.22. The van der Waals surface area contributed by atoms with Crippen molar-refractivity contribution in [3.05, 3.63) is 38.2 Å². The van der Waals surface area contributed by atoms with E-state index in [1.54, 1.807) is 0 Å². The van der Waals surface area contributed by atoms with Crippen molar-refractivity contribution >= 4 is 11.1 Å². The minimum Gasteiger partial charge on any atom is -0.403 e. The maximum atomic E-state index is 12.1. The van der Waals surface area contributed by atoms with Crippen LogP contribution in [0.4, 0.5) is 0 Å². The van der Waals surface area contributed by atoms with Crippen LogP contribution in [0.5, 0.6) is 0 Å². The van der Waals surface area contributed by atoms with Crippen LogP contribution in [0.2, 0.25) is 0 Å². The second kappa shape index (κ2) is 4.64. The Bertz CT molecular complexity index is 726. The predicted octanol–water partition coefficient (Wildman–Crippen LogP) is 1.78. The Morgan fingerprint density at radius 2 is 2.21 bits per heavy atom. The van der Waals surface area contributed by atoms with Crippen LogP contribution in [-0.4, -0.2) is 9.97 Å². The maximum Gasteiger partial charge on any atom is 0.337 e. The monoisotopic (exact) mass is 260 g/mol.